The smallest absolute Gasteiger partial charge is 0.138 e. The summed E-state index contributed by atoms with van der Waals surface area (Å²) in [4.78, 5) is 8.32. The zero-order chi connectivity index (χ0) is 14.9. The first-order valence-corrected chi connectivity index (χ1v) is 7.43. The second-order valence-corrected chi connectivity index (χ2v) is 5.47. The third-order valence-electron chi connectivity index (χ3n) is 4.00. The van der Waals surface area contributed by atoms with Crippen molar-refractivity contribution in [1.82, 2.24) is 9.97 Å². The summed E-state index contributed by atoms with van der Waals surface area (Å²) in [6.45, 7) is 2.11. The van der Waals surface area contributed by atoms with E-state index >= 15 is 0 Å². The summed E-state index contributed by atoms with van der Waals surface area (Å²) in [6, 6.07) is 25.0. The summed E-state index contributed by atoms with van der Waals surface area (Å²) >= 11 is 0. The van der Waals surface area contributed by atoms with Crippen molar-refractivity contribution in [1.29, 1.82) is 0 Å². The molecule has 0 fully saturated rings. The van der Waals surface area contributed by atoms with E-state index in [1.54, 1.807) is 0 Å². The van der Waals surface area contributed by atoms with Gasteiger partial charge in [0.2, 0.25) is 0 Å². The standard InChI is InChI=1S/C20H16N2/c1-14-8-5-6-11-16(14)20-21-18-13-7-12-17(19(18)22-20)15-9-3-2-4-10-15/h2-13H,1H3,(H,21,22). The molecule has 0 unspecified atom stereocenters. The predicted octanol–water partition coefficient (Wildman–Crippen LogP) is 5.21. The number of benzene rings is 3. The SMILES string of the molecule is Cc1ccccc1-c1nc2c(-c3ccccc3)cccc2[nH]1. The molecule has 4 aromatic rings. The van der Waals surface area contributed by atoms with Gasteiger partial charge in [-0.05, 0) is 24.1 Å². The molecule has 22 heavy (non-hydrogen) atoms. The van der Waals surface area contributed by atoms with Gasteiger partial charge in [0.1, 0.15) is 5.82 Å². The first-order valence-electron chi connectivity index (χ1n) is 7.43. The number of fused-ring (bicyclic) bond motifs is 1. The van der Waals surface area contributed by atoms with Crippen LogP contribution in [-0.4, -0.2) is 9.97 Å². The lowest BCUT2D eigenvalue weighted by Gasteiger charge is -2.02. The number of imidazole rings is 1. The van der Waals surface area contributed by atoms with E-state index < -0.39 is 0 Å². The third-order valence-corrected chi connectivity index (χ3v) is 4.00. The molecule has 3 aromatic carbocycles. The molecule has 0 spiro atoms. The third kappa shape index (κ3) is 2.09. The van der Waals surface area contributed by atoms with Gasteiger partial charge in [-0.15, -0.1) is 0 Å². The maximum Gasteiger partial charge on any atom is 0.138 e. The number of nitrogens with one attached hydrogen (secondary N) is 1. The summed E-state index contributed by atoms with van der Waals surface area (Å²) in [5.41, 5.74) is 6.82. The minimum atomic E-state index is 0.927. The number of aryl methyl sites for hydroxylation is 1. The van der Waals surface area contributed by atoms with E-state index in [4.69, 9.17) is 4.98 Å². The van der Waals surface area contributed by atoms with Crippen LogP contribution < -0.4 is 0 Å². The van der Waals surface area contributed by atoms with Crippen molar-refractivity contribution in [3.05, 3.63) is 78.4 Å². The maximum atomic E-state index is 4.86. The molecule has 4 rings (SSSR count). The van der Waals surface area contributed by atoms with Gasteiger partial charge in [0.25, 0.3) is 0 Å². The molecule has 2 nitrogen and oxygen atoms in total. The van der Waals surface area contributed by atoms with Gasteiger partial charge in [-0.3, -0.25) is 0 Å². The number of hydrogen-bond acceptors (Lipinski definition) is 1. The van der Waals surface area contributed by atoms with Gasteiger partial charge in [-0.1, -0.05) is 66.7 Å². The highest BCUT2D eigenvalue weighted by atomic mass is 14.9. The minimum absolute atomic E-state index is 0.927. The Bertz CT molecular complexity index is 936. The molecule has 1 aromatic heterocycles. The first kappa shape index (κ1) is 12.8. The fourth-order valence-electron chi connectivity index (χ4n) is 2.85. The Kier molecular flexibility index (Phi) is 3.01. The largest absolute Gasteiger partial charge is 0.338 e. The highest BCUT2D eigenvalue weighted by Gasteiger charge is 2.11. The normalized spacial score (nSPS) is 11.0. The van der Waals surface area contributed by atoms with Gasteiger partial charge in [-0.2, -0.15) is 0 Å². The fourth-order valence-corrected chi connectivity index (χ4v) is 2.85. The molecule has 1 heterocycles. The molecule has 2 heteroatoms. The van der Waals surface area contributed by atoms with Gasteiger partial charge in [0, 0.05) is 11.1 Å². The van der Waals surface area contributed by atoms with Gasteiger partial charge >= 0.3 is 0 Å². The Morgan fingerprint density at radius 3 is 2.27 bits per heavy atom. The molecule has 1 N–H and O–H groups in total. The summed E-state index contributed by atoms with van der Waals surface area (Å²) in [5.74, 6) is 0.927. The Balaban J connectivity index is 1.94. The van der Waals surface area contributed by atoms with Crippen molar-refractivity contribution >= 4 is 11.0 Å². The number of rotatable bonds is 2. The van der Waals surface area contributed by atoms with Gasteiger partial charge in [0.15, 0.2) is 0 Å². The average Bonchev–Trinajstić information content (AvgIpc) is 3.00. The average molecular weight is 284 g/mol. The van der Waals surface area contributed by atoms with E-state index in [0.29, 0.717) is 0 Å². The minimum Gasteiger partial charge on any atom is -0.338 e. The molecule has 0 amide bonds. The second-order valence-electron chi connectivity index (χ2n) is 5.47. The number of aromatic amines is 1. The molecule has 0 atom stereocenters. The Morgan fingerprint density at radius 2 is 1.45 bits per heavy atom. The zero-order valence-corrected chi connectivity index (χ0v) is 12.4. The van der Waals surface area contributed by atoms with Crippen LogP contribution >= 0.6 is 0 Å². The summed E-state index contributed by atoms with van der Waals surface area (Å²) in [5, 5.41) is 0. The molecule has 106 valence electrons. The second kappa shape index (κ2) is 5.15. The van der Waals surface area contributed by atoms with Crippen LogP contribution in [0.3, 0.4) is 0 Å². The summed E-state index contributed by atoms with van der Waals surface area (Å²) in [6.07, 6.45) is 0. The lowest BCUT2D eigenvalue weighted by atomic mass is 10.0. The van der Waals surface area contributed by atoms with Gasteiger partial charge < -0.3 is 4.98 Å². The van der Waals surface area contributed by atoms with Crippen LogP contribution in [0, 0.1) is 6.92 Å². The number of nitrogens with zero attached hydrogens (tertiary/aromatic N) is 1. The molecular weight excluding hydrogens is 268 g/mol. The van der Waals surface area contributed by atoms with Crippen molar-refractivity contribution in [3.8, 4) is 22.5 Å². The van der Waals surface area contributed by atoms with Crippen LogP contribution in [0.15, 0.2) is 72.8 Å². The van der Waals surface area contributed by atoms with E-state index in [9.17, 15) is 0 Å². The van der Waals surface area contributed by atoms with E-state index in [1.165, 1.54) is 11.1 Å². The van der Waals surface area contributed by atoms with Crippen LogP contribution in [0.4, 0.5) is 0 Å². The van der Waals surface area contributed by atoms with E-state index in [2.05, 4.69) is 72.6 Å². The lowest BCUT2D eigenvalue weighted by molar-refractivity contribution is 1.31. The molecule has 0 radical (unpaired) electrons. The van der Waals surface area contributed by atoms with Gasteiger partial charge in [-0.25, -0.2) is 4.98 Å². The fraction of sp³-hybridized carbons (Fsp3) is 0.0500. The van der Waals surface area contributed by atoms with Gasteiger partial charge in [0.05, 0.1) is 11.0 Å². The number of hydrogen-bond donors (Lipinski definition) is 1. The Morgan fingerprint density at radius 1 is 0.727 bits per heavy atom. The van der Waals surface area contributed by atoms with E-state index in [1.807, 2.05) is 12.1 Å². The van der Waals surface area contributed by atoms with E-state index in [-0.39, 0.29) is 0 Å². The molecule has 0 saturated heterocycles. The molecule has 0 aliphatic carbocycles. The van der Waals surface area contributed by atoms with Crippen LogP contribution in [-0.2, 0) is 0 Å². The van der Waals surface area contributed by atoms with Crippen LogP contribution in [0.2, 0.25) is 0 Å². The van der Waals surface area contributed by atoms with Crippen LogP contribution in [0.1, 0.15) is 5.56 Å². The molecular formula is C20H16N2. The van der Waals surface area contributed by atoms with Crippen LogP contribution in [0.5, 0.6) is 0 Å². The molecule has 0 saturated carbocycles. The van der Waals surface area contributed by atoms with Crippen molar-refractivity contribution < 1.29 is 0 Å². The highest BCUT2D eigenvalue weighted by Crippen LogP contribution is 2.30. The lowest BCUT2D eigenvalue weighted by Crippen LogP contribution is -1.84. The zero-order valence-electron chi connectivity index (χ0n) is 12.4. The summed E-state index contributed by atoms with van der Waals surface area (Å²) in [7, 11) is 0. The van der Waals surface area contributed by atoms with Crippen molar-refractivity contribution in [2.45, 2.75) is 6.92 Å². The monoisotopic (exact) mass is 284 g/mol. The number of aromatic nitrogens is 2. The molecule has 0 aliphatic rings. The quantitative estimate of drug-likeness (QED) is 0.538. The van der Waals surface area contributed by atoms with E-state index in [0.717, 1.165) is 28.0 Å². The molecule has 0 bridgehead atoms. The number of H-pyrrole nitrogens is 1. The highest BCUT2D eigenvalue weighted by molar-refractivity contribution is 5.93. The summed E-state index contributed by atoms with van der Waals surface area (Å²) < 4.78 is 0. The Hall–Kier alpha value is -2.87. The Labute approximate surface area is 129 Å². The van der Waals surface area contributed by atoms with Crippen molar-refractivity contribution in [2.75, 3.05) is 0 Å². The van der Waals surface area contributed by atoms with Crippen molar-refractivity contribution in [3.63, 3.8) is 0 Å². The molecule has 0 aliphatic heterocycles. The predicted molar refractivity (Wildman–Crippen MR) is 91.7 cm³/mol. The topological polar surface area (TPSA) is 28.7 Å². The van der Waals surface area contributed by atoms with Crippen molar-refractivity contribution in [2.24, 2.45) is 0 Å². The number of para-hydroxylation sites is 1. The van der Waals surface area contributed by atoms with Crippen LogP contribution in [0.25, 0.3) is 33.5 Å². The first-order chi connectivity index (χ1) is 10.8. The maximum absolute atomic E-state index is 4.86.